The Bertz CT molecular complexity index is 890. The number of methoxy groups -OCH3 is 1. The summed E-state index contributed by atoms with van der Waals surface area (Å²) in [7, 11) is 1.33. The second kappa shape index (κ2) is 7.06. The standard InChI is InChI=1S/C21H17NO3/c1-14-18(21(23)24-2)19(15-9-5-3-6-10-15)17(13-22)20(25-14)16-11-7-4-8-12-16/h3-12,19H,1-2H3. The summed E-state index contributed by atoms with van der Waals surface area (Å²) in [5.74, 6) is -0.102. The summed E-state index contributed by atoms with van der Waals surface area (Å²) in [6, 6.07) is 21.1. The van der Waals surface area contributed by atoms with E-state index in [1.807, 2.05) is 60.7 Å². The minimum absolute atomic E-state index is 0.352. The fourth-order valence-corrected chi connectivity index (χ4v) is 3.01. The van der Waals surface area contributed by atoms with Gasteiger partial charge in [0, 0.05) is 5.56 Å². The topological polar surface area (TPSA) is 59.3 Å². The van der Waals surface area contributed by atoms with Gasteiger partial charge in [-0.05, 0) is 12.5 Å². The lowest BCUT2D eigenvalue weighted by Crippen LogP contribution is -2.22. The Morgan fingerprint density at radius 3 is 2.24 bits per heavy atom. The Morgan fingerprint density at radius 1 is 1.08 bits per heavy atom. The average Bonchev–Trinajstić information content (AvgIpc) is 2.67. The molecule has 0 spiro atoms. The van der Waals surface area contributed by atoms with Crippen molar-refractivity contribution >= 4 is 11.7 Å². The van der Waals surface area contributed by atoms with Crippen LogP contribution in [0, 0.1) is 11.3 Å². The molecule has 0 radical (unpaired) electrons. The summed E-state index contributed by atoms with van der Waals surface area (Å²) in [4.78, 5) is 12.4. The van der Waals surface area contributed by atoms with Crippen LogP contribution in [-0.2, 0) is 14.3 Å². The maximum absolute atomic E-state index is 12.4. The van der Waals surface area contributed by atoms with Crippen molar-refractivity contribution in [2.75, 3.05) is 7.11 Å². The van der Waals surface area contributed by atoms with Crippen molar-refractivity contribution in [3.63, 3.8) is 0 Å². The van der Waals surface area contributed by atoms with E-state index < -0.39 is 11.9 Å². The van der Waals surface area contributed by atoms with Crippen LogP contribution in [0.1, 0.15) is 24.0 Å². The zero-order valence-electron chi connectivity index (χ0n) is 14.0. The van der Waals surface area contributed by atoms with Crippen LogP contribution in [0.4, 0.5) is 0 Å². The van der Waals surface area contributed by atoms with Gasteiger partial charge in [-0.3, -0.25) is 0 Å². The largest absolute Gasteiger partial charge is 0.466 e. The van der Waals surface area contributed by atoms with E-state index in [1.165, 1.54) is 7.11 Å². The molecule has 2 aromatic rings. The molecule has 1 heterocycles. The molecule has 0 N–H and O–H groups in total. The molecule has 0 saturated carbocycles. The molecule has 0 aromatic heterocycles. The van der Waals surface area contributed by atoms with E-state index in [2.05, 4.69) is 6.07 Å². The fraction of sp³-hybridized carbons (Fsp3) is 0.143. The SMILES string of the molecule is COC(=O)C1=C(C)OC(c2ccccc2)=C(C#N)C1c1ccccc1. The van der Waals surface area contributed by atoms with Crippen LogP contribution in [0.25, 0.3) is 5.76 Å². The molecule has 4 nitrogen and oxygen atoms in total. The molecule has 124 valence electrons. The highest BCUT2D eigenvalue weighted by Crippen LogP contribution is 2.43. The number of nitriles is 1. The zero-order chi connectivity index (χ0) is 17.8. The van der Waals surface area contributed by atoms with Gasteiger partial charge in [-0.2, -0.15) is 5.26 Å². The smallest absolute Gasteiger partial charge is 0.338 e. The van der Waals surface area contributed by atoms with Crippen molar-refractivity contribution in [1.29, 1.82) is 5.26 Å². The van der Waals surface area contributed by atoms with Crippen LogP contribution >= 0.6 is 0 Å². The van der Waals surface area contributed by atoms with Gasteiger partial charge in [-0.1, -0.05) is 60.7 Å². The number of hydrogen-bond acceptors (Lipinski definition) is 4. The maximum Gasteiger partial charge on any atom is 0.338 e. The van der Waals surface area contributed by atoms with Gasteiger partial charge < -0.3 is 9.47 Å². The number of ether oxygens (including phenoxy) is 2. The molecule has 1 unspecified atom stereocenters. The highest BCUT2D eigenvalue weighted by molar-refractivity contribution is 5.94. The molecular formula is C21H17NO3. The van der Waals surface area contributed by atoms with Gasteiger partial charge in [-0.25, -0.2) is 4.79 Å². The van der Waals surface area contributed by atoms with Crippen LogP contribution < -0.4 is 0 Å². The van der Waals surface area contributed by atoms with Gasteiger partial charge in [0.25, 0.3) is 0 Å². The lowest BCUT2D eigenvalue weighted by molar-refractivity contribution is -0.136. The normalized spacial score (nSPS) is 16.9. The molecule has 1 atom stereocenters. The predicted octanol–water partition coefficient (Wildman–Crippen LogP) is 4.18. The van der Waals surface area contributed by atoms with Crippen molar-refractivity contribution in [1.82, 2.24) is 0 Å². The van der Waals surface area contributed by atoms with E-state index in [9.17, 15) is 10.1 Å². The first-order valence-electron chi connectivity index (χ1n) is 7.89. The van der Waals surface area contributed by atoms with Gasteiger partial charge in [0.05, 0.1) is 30.2 Å². The van der Waals surface area contributed by atoms with Gasteiger partial charge in [0.1, 0.15) is 11.5 Å². The third kappa shape index (κ3) is 3.05. The van der Waals surface area contributed by atoms with Gasteiger partial charge in [-0.15, -0.1) is 0 Å². The second-order valence-electron chi connectivity index (χ2n) is 5.63. The van der Waals surface area contributed by atoms with E-state index in [0.717, 1.165) is 11.1 Å². The summed E-state index contributed by atoms with van der Waals surface area (Å²) in [5.41, 5.74) is 2.38. The molecule has 1 aliphatic rings. The van der Waals surface area contributed by atoms with Crippen molar-refractivity contribution in [2.24, 2.45) is 0 Å². The molecule has 0 aliphatic carbocycles. The first-order chi connectivity index (χ1) is 12.2. The molecular weight excluding hydrogens is 314 g/mol. The number of nitrogens with zero attached hydrogens (tertiary/aromatic N) is 1. The molecule has 3 rings (SSSR count). The summed E-state index contributed by atoms with van der Waals surface area (Å²) >= 11 is 0. The maximum atomic E-state index is 12.4. The summed E-state index contributed by atoms with van der Waals surface area (Å²) in [6.45, 7) is 1.72. The van der Waals surface area contributed by atoms with Crippen LogP contribution in [0.5, 0.6) is 0 Å². The molecule has 0 fully saturated rings. The quantitative estimate of drug-likeness (QED) is 0.792. The van der Waals surface area contributed by atoms with Crippen LogP contribution in [-0.4, -0.2) is 13.1 Å². The molecule has 25 heavy (non-hydrogen) atoms. The molecule has 0 saturated heterocycles. The minimum Gasteiger partial charge on any atom is -0.466 e. The number of carbonyl (C=O) groups excluding carboxylic acids is 1. The Labute approximate surface area is 146 Å². The highest BCUT2D eigenvalue weighted by Gasteiger charge is 2.36. The number of allylic oxidation sites excluding steroid dienone is 2. The monoisotopic (exact) mass is 331 g/mol. The minimum atomic E-state index is -0.525. The second-order valence-corrected chi connectivity index (χ2v) is 5.63. The summed E-state index contributed by atoms with van der Waals surface area (Å²) in [6.07, 6.45) is 0. The number of carbonyl (C=O) groups is 1. The van der Waals surface area contributed by atoms with E-state index in [1.54, 1.807) is 6.92 Å². The Morgan fingerprint density at radius 2 is 1.68 bits per heavy atom. The van der Waals surface area contributed by atoms with Crippen LogP contribution in [0.3, 0.4) is 0 Å². The molecule has 0 amide bonds. The first-order valence-corrected chi connectivity index (χ1v) is 7.89. The number of benzene rings is 2. The van der Waals surface area contributed by atoms with Crippen molar-refractivity contribution in [3.05, 3.63) is 88.7 Å². The predicted molar refractivity (Wildman–Crippen MR) is 94.0 cm³/mol. The van der Waals surface area contributed by atoms with Crippen LogP contribution in [0.15, 0.2) is 77.6 Å². The van der Waals surface area contributed by atoms with Crippen molar-refractivity contribution < 1.29 is 14.3 Å². The van der Waals surface area contributed by atoms with Gasteiger partial charge >= 0.3 is 5.97 Å². The lowest BCUT2D eigenvalue weighted by atomic mass is 9.81. The number of hydrogen-bond donors (Lipinski definition) is 0. The highest BCUT2D eigenvalue weighted by atomic mass is 16.5. The molecule has 0 bridgehead atoms. The Hall–Kier alpha value is -3.32. The van der Waals surface area contributed by atoms with Crippen LogP contribution in [0.2, 0.25) is 0 Å². The Kier molecular flexibility index (Phi) is 4.67. The summed E-state index contributed by atoms with van der Waals surface area (Å²) < 4.78 is 10.8. The lowest BCUT2D eigenvalue weighted by Gasteiger charge is -2.28. The van der Waals surface area contributed by atoms with E-state index in [-0.39, 0.29) is 0 Å². The zero-order valence-corrected chi connectivity index (χ0v) is 14.0. The molecule has 2 aromatic carbocycles. The van der Waals surface area contributed by atoms with E-state index in [0.29, 0.717) is 22.7 Å². The average molecular weight is 331 g/mol. The Balaban J connectivity index is 2.24. The van der Waals surface area contributed by atoms with E-state index >= 15 is 0 Å². The molecule has 1 aliphatic heterocycles. The third-order valence-electron chi connectivity index (χ3n) is 4.15. The van der Waals surface area contributed by atoms with Gasteiger partial charge in [0.15, 0.2) is 0 Å². The summed E-state index contributed by atoms with van der Waals surface area (Å²) in [5, 5.41) is 9.85. The first kappa shape index (κ1) is 16.5. The van der Waals surface area contributed by atoms with Crippen molar-refractivity contribution in [3.8, 4) is 6.07 Å². The van der Waals surface area contributed by atoms with Crippen molar-refractivity contribution in [2.45, 2.75) is 12.8 Å². The van der Waals surface area contributed by atoms with Gasteiger partial charge in [0.2, 0.25) is 0 Å². The third-order valence-corrected chi connectivity index (χ3v) is 4.15. The number of esters is 1. The molecule has 4 heteroatoms. The fourth-order valence-electron chi connectivity index (χ4n) is 3.01. The number of rotatable bonds is 3. The van der Waals surface area contributed by atoms with E-state index in [4.69, 9.17) is 9.47 Å².